The summed E-state index contributed by atoms with van der Waals surface area (Å²) in [6.45, 7) is 3.73. The molecule has 0 saturated carbocycles. The van der Waals surface area contributed by atoms with Crippen LogP contribution in [0.25, 0.3) is 33.3 Å². The molecule has 10 heteroatoms. The van der Waals surface area contributed by atoms with Crippen LogP contribution in [0.5, 0.6) is 0 Å². The Morgan fingerprint density at radius 2 is 1.84 bits per heavy atom. The van der Waals surface area contributed by atoms with Gasteiger partial charge in [-0.1, -0.05) is 6.08 Å². The van der Waals surface area contributed by atoms with Gasteiger partial charge in [-0.15, -0.1) is 0 Å². The Morgan fingerprint density at radius 1 is 1.08 bits per heavy atom. The predicted octanol–water partition coefficient (Wildman–Crippen LogP) is 4.46. The standard InChI is InChI=1S/C28H29FN6O3/c1-18(38-19(2)36)35-17-25(20-8-9-31-26(29)13-20)24-12-22(15-32-28(24)35)21-11-23(16-30-14-21)34(5)27(37)7-6-10-33(3)4/h6-9,11-18H,10H2,1-5H3/b7-6+. The van der Waals surface area contributed by atoms with E-state index in [0.29, 0.717) is 29.0 Å². The molecule has 4 heterocycles. The number of aromatic nitrogens is 4. The van der Waals surface area contributed by atoms with Gasteiger partial charge in [-0.3, -0.25) is 19.1 Å². The van der Waals surface area contributed by atoms with Crippen LogP contribution in [0.15, 0.2) is 67.4 Å². The minimum absolute atomic E-state index is 0.169. The molecule has 0 aliphatic heterocycles. The third kappa shape index (κ3) is 5.92. The van der Waals surface area contributed by atoms with E-state index in [4.69, 9.17) is 4.74 Å². The molecule has 0 radical (unpaired) electrons. The molecule has 1 atom stereocenters. The SMILES string of the molecule is CC(=O)OC(C)n1cc(-c2ccnc(F)c2)c2cc(-c3cncc(N(C)C(=O)/C=C/CN(C)C)c3)cnc21. The highest BCUT2D eigenvalue weighted by Crippen LogP contribution is 2.35. The Morgan fingerprint density at radius 3 is 2.55 bits per heavy atom. The molecule has 1 amide bonds. The molecule has 4 rings (SSSR count). The Hall–Kier alpha value is -4.44. The predicted molar refractivity (Wildman–Crippen MR) is 144 cm³/mol. The van der Waals surface area contributed by atoms with E-state index in [2.05, 4.69) is 15.0 Å². The van der Waals surface area contributed by atoms with E-state index in [-0.39, 0.29) is 5.91 Å². The molecular formula is C28H29FN6O3. The van der Waals surface area contributed by atoms with Crippen LogP contribution >= 0.6 is 0 Å². The molecule has 0 saturated heterocycles. The minimum atomic E-state index is -0.626. The molecular weight excluding hydrogens is 487 g/mol. The molecule has 4 aromatic heterocycles. The molecule has 0 aromatic carbocycles. The summed E-state index contributed by atoms with van der Waals surface area (Å²) in [6, 6.07) is 6.83. The van der Waals surface area contributed by atoms with E-state index in [1.807, 2.05) is 31.1 Å². The van der Waals surface area contributed by atoms with Crippen molar-refractivity contribution in [3.8, 4) is 22.3 Å². The van der Waals surface area contributed by atoms with Gasteiger partial charge >= 0.3 is 5.97 Å². The zero-order chi connectivity index (χ0) is 27.4. The summed E-state index contributed by atoms with van der Waals surface area (Å²) in [5.41, 5.74) is 4.01. The lowest BCUT2D eigenvalue weighted by molar-refractivity contribution is -0.149. The molecule has 0 spiro atoms. The van der Waals surface area contributed by atoms with Crippen molar-refractivity contribution in [1.82, 2.24) is 24.4 Å². The Bertz CT molecular complexity index is 1510. The molecule has 0 aliphatic carbocycles. The van der Waals surface area contributed by atoms with Crippen LogP contribution in [0.2, 0.25) is 0 Å². The summed E-state index contributed by atoms with van der Waals surface area (Å²) in [5.74, 6) is -1.20. The lowest BCUT2D eigenvalue weighted by Gasteiger charge is -2.16. The number of likely N-dealkylation sites (N-methyl/N-ethyl adjacent to an activating group) is 2. The zero-order valence-electron chi connectivity index (χ0n) is 21.9. The fourth-order valence-corrected chi connectivity index (χ4v) is 4.04. The van der Waals surface area contributed by atoms with E-state index in [9.17, 15) is 14.0 Å². The van der Waals surface area contributed by atoms with Crippen molar-refractivity contribution in [2.75, 3.05) is 32.6 Å². The van der Waals surface area contributed by atoms with Crippen LogP contribution in [-0.2, 0) is 14.3 Å². The second-order valence-electron chi connectivity index (χ2n) is 9.11. The van der Waals surface area contributed by atoms with Gasteiger partial charge in [0.2, 0.25) is 11.9 Å². The van der Waals surface area contributed by atoms with Gasteiger partial charge in [0, 0.05) is 79.5 Å². The average molecular weight is 517 g/mol. The van der Waals surface area contributed by atoms with E-state index in [1.54, 1.807) is 55.5 Å². The molecule has 0 bridgehead atoms. The van der Waals surface area contributed by atoms with E-state index >= 15 is 0 Å². The third-order valence-corrected chi connectivity index (χ3v) is 5.94. The van der Waals surface area contributed by atoms with E-state index < -0.39 is 18.1 Å². The summed E-state index contributed by atoms with van der Waals surface area (Å²) < 4.78 is 21.1. The minimum Gasteiger partial charge on any atom is -0.442 e. The second-order valence-corrected chi connectivity index (χ2v) is 9.11. The molecule has 4 aromatic rings. The third-order valence-electron chi connectivity index (χ3n) is 5.94. The Balaban J connectivity index is 1.76. The van der Waals surface area contributed by atoms with Crippen LogP contribution in [0.3, 0.4) is 0 Å². The molecule has 0 aliphatic rings. The number of nitrogens with zero attached hydrogens (tertiary/aromatic N) is 6. The number of halogens is 1. The summed E-state index contributed by atoms with van der Waals surface area (Å²) in [4.78, 5) is 40.4. The van der Waals surface area contributed by atoms with E-state index in [0.717, 1.165) is 16.5 Å². The van der Waals surface area contributed by atoms with Crippen molar-refractivity contribution >= 4 is 28.6 Å². The number of fused-ring (bicyclic) bond motifs is 1. The van der Waals surface area contributed by atoms with E-state index in [1.165, 1.54) is 30.2 Å². The molecule has 38 heavy (non-hydrogen) atoms. The van der Waals surface area contributed by atoms with Gasteiger partial charge in [0.05, 0.1) is 11.9 Å². The zero-order valence-corrected chi connectivity index (χ0v) is 21.9. The maximum absolute atomic E-state index is 14.0. The second kappa shape index (κ2) is 11.3. The maximum Gasteiger partial charge on any atom is 0.304 e. The maximum atomic E-state index is 14.0. The van der Waals surface area contributed by atoms with Crippen molar-refractivity contribution < 1.29 is 18.7 Å². The van der Waals surface area contributed by atoms with Gasteiger partial charge in [-0.05, 0) is 44.8 Å². The Kier molecular flexibility index (Phi) is 7.92. The number of anilines is 1. The number of amides is 1. The van der Waals surface area contributed by atoms with Gasteiger partial charge in [0.25, 0.3) is 0 Å². The first kappa shape index (κ1) is 26.6. The molecule has 0 fully saturated rings. The number of rotatable bonds is 8. The van der Waals surface area contributed by atoms with Gasteiger partial charge in [0.1, 0.15) is 5.65 Å². The monoisotopic (exact) mass is 516 g/mol. The lowest BCUT2D eigenvalue weighted by Crippen LogP contribution is -2.24. The largest absolute Gasteiger partial charge is 0.442 e. The number of carbonyl (C=O) groups excluding carboxylic acids is 2. The van der Waals surface area contributed by atoms with Crippen molar-refractivity contribution in [3.05, 3.63) is 73.3 Å². The number of pyridine rings is 3. The number of hydrogen-bond acceptors (Lipinski definition) is 7. The number of ether oxygens (including phenoxy) is 1. The molecule has 9 nitrogen and oxygen atoms in total. The van der Waals surface area contributed by atoms with Crippen molar-refractivity contribution in [3.63, 3.8) is 0 Å². The summed E-state index contributed by atoms with van der Waals surface area (Å²) in [5, 5.41) is 0.730. The highest BCUT2D eigenvalue weighted by atomic mass is 19.1. The van der Waals surface area contributed by atoms with Crippen molar-refractivity contribution in [2.45, 2.75) is 20.1 Å². The number of carbonyl (C=O) groups is 2. The first-order chi connectivity index (χ1) is 18.1. The van der Waals surface area contributed by atoms with Crippen molar-refractivity contribution in [1.29, 1.82) is 0 Å². The average Bonchev–Trinajstić information content (AvgIpc) is 3.27. The normalized spacial score (nSPS) is 12.3. The van der Waals surface area contributed by atoms with Gasteiger partial charge < -0.3 is 14.5 Å². The van der Waals surface area contributed by atoms with Crippen LogP contribution < -0.4 is 4.90 Å². The first-order valence-electron chi connectivity index (χ1n) is 12.0. The fraction of sp³-hybridized carbons (Fsp3) is 0.250. The highest BCUT2D eigenvalue weighted by Gasteiger charge is 2.19. The molecule has 196 valence electrons. The smallest absolute Gasteiger partial charge is 0.304 e. The van der Waals surface area contributed by atoms with Crippen LogP contribution in [0.4, 0.5) is 10.1 Å². The summed E-state index contributed by atoms with van der Waals surface area (Å²) in [7, 11) is 5.55. The number of esters is 1. The highest BCUT2D eigenvalue weighted by molar-refractivity contribution is 6.01. The fourth-order valence-electron chi connectivity index (χ4n) is 4.04. The first-order valence-corrected chi connectivity index (χ1v) is 12.0. The van der Waals surface area contributed by atoms with Gasteiger partial charge in [0.15, 0.2) is 6.23 Å². The van der Waals surface area contributed by atoms with Gasteiger partial charge in [-0.25, -0.2) is 9.97 Å². The van der Waals surface area contributed by atoms with Gasteiger partial charge in [-0.2, -0.15) is 4.39 Å². The topological polar surface area (TPSA) is 93.5 Å². The van der Waals surface area contributed by atoms with Crippen LogP contribution in [-0.4, -0.2) is 64.0 Å². The molecule has 1 unspecified atom stereocenters. The van der Waals surface area contributed by atoms with Crippen LogP contribution in [0.1, 0.15) is 20.1 Å². The Labute approximate surface area is 220 Å². The van der Waals surface area contributed by atoms with Crippen LogP contribution in [0, 0.1) is 5.95 Å². The number of hydrogen-bond donors (Lipinski definition) is 0. The summed E-state index contributed by atoms with van der Waals surface area (Å²) in [6.07, 6.45) is 10.9. The summed E-state index contributed by atoms with van der Waals surface area (Å²) >= 11 is 0. The lowest BCUT2D eigenvalue weighted by atomic mass is 10.0. The van der Waals surface area contributed by atoms with Crippen molar-refractivity contribution in [2.24, 2.45) is 0 Å². The molecule has 0 N–H and O–H groups in total. The quantitative estimate of drug-likeness (QED) is 0.194.